The number of ether oxygens (including phenoxy) is 3. The molecule has 2 amide bonds. The fraction of sp³-hybridized carbons (Fsp3) is 0.360. The number of rotatable bonds is 9. The third-order valence-corrected chi connectivity index (χ3v) is 5.90. The van der Waals surface area contributed by atoms with Gasteiger partial charge in [0.1, 0.15) is 17.2 Å². The Morgan fingerprint density at radius 1 is 1.03 bits per heavy atom. The van der Waals surface area contributed by atoms with Crippen molar-refractivity contribution in [1.29, 1.82) is 0 Å². The molecule has 0 bridgehead atoms. The molecule has 1 aliphatic rings. The Hall–Kier alpha value is -3.96. The van der Waals surface area contributed by atoms with Gasteiger partial charge >= 0.3 is 0 Å². The minimum atomic E-state index is -0.573. The zero-order valence-electron chi connectivity index (χ0n) is 20.3. The lowest BCUT2D eigenvalue weighted by Crippen LogP contribution is -2.43. The third-order valence-electron chi connectivity index (χ3n) is 5.90. The molecule has 1 aromatic heterocycles. The average Bonchev–Trinajstić information content (AvgIpc) is 2.92. The lowest BCUT2D eigenvalue weighted by molar-refractivity contribution is -0.120. The summed E-state index contributed by atoms with van der Waals surface area (Å²) >= 11 is 0. The molecule has 0 radical (unpaired) electrons. The molecule has 1 saturated heterocycles. The Morgan fingerprint density at radius 2 is 1.78 bits per heavy atom. The van der Waals surface area contributed by atoms with E-state index in [2.05, 4.69) is 20.6 Å². The van der Waals surface area contributed by atoms with Gasteiger partial charge in [-0.15, -0.1) is 0 Å². The normalized spacial score (nSPS) is 13.8. The predicted octanol–water partition coefficient (Wildman–Crippen LogP) is 0.581. The van der Waals surface area contributed by atoms with Gasteiger partial charge in [-0.3, -0.25) is 19.3 Å². The van der Waals surface area contributed by atoms with Crippen LogP contribution in [0.5, 0.6) is 11.5 Å². The van der Waals surface area contributed by atoms with E-state index in [1.807, 2.05) is 0 Å². The van der Waals surface area contributed by atoms with E-state index in [1.165, 1.54) is 14.2 Å². The number of hydrogen-bond donors (Lipinski definition) is 2. The molecule has 0 aliphatic carbocycles. The Balaban J connectivity index is 1.53. The SMILES string of the molecule is COc1ccc(-n2nc(C(=O)NCC(=O)NCCN3CCOCC3)c3ccccc3c2=O)c(OC)c1. The Kier molecular flexibility index (Phi) is 8.13. The van der Waals surface area contributed by atoms with Gasteiger partial charge in [-0.05, 0) is 18.2 Å². The third kappa shape index (κ3) is 5.64. The molecular formula is C25H29N5O6. The summed E-state index contributed by atoms with van der Waals surface area (Å²) in [4.78, 5) is 40.8. The van der Waals surface area contributed by atoms with Crippen LogP contribution in [-0.2, 0) is 9.53 Å². The van der Waals surface area contributed by atoms with Crippen molar-refractivity contribution >= 4 is 22.6 Å². The van der Waals surface area contributed by atoms with Crippen LogP contribution in [0.3, 0.4) is 0 Å². The van der Waals surface area contributed by atoms with Crippen LogP contribution in [0.2, 0.25) is 0 Å². The molecule has 1 aliphatic heterocycles. The molecule has 190 valence electrons. The molecule has 2 aromatic carbocycles. The number of hydrogen-bond acceptors (Lipinski definition) is 8. The molecule has 3 aromatic rings. The van der Waals surface area contributed by atoms with Gasteiger partial charge in [0, 0.05) is 37.6 Å². The second kappa shape index (κ2) is 11.6. The summed E-state index contributed by atoms with van der Waals surface area (Å²) in [6, 6.07) is 11.6. The molecule has 11 heteroatoms. The van der Waals surface area contributed by atoms with Crippen molar-refractivity contribution in [2.75, 3.05) is 60.2 Å². The number of nitrogens with one attached hydrogen (secondary N) is 2. The summed E-state index contributed by atoms with van der Waals surface area (Å²) in [5, 5.41) is 10.5. The van der Waals surface area contributed by atoms with Crippen LogP contribution in [0.25, 0.3) is 16.5 Å². The van der Waals surface area contributed by atoms with Crippen LogP contribution in [0.1, 0.15) is 10.5 Å². The summed E-state index contributed by atoms with van der Waals surface area (Å²) in [6.45, 7) is 4.01. The van der Waals surface area contributed by atoms with Gasteiger partial charge in [-0.1, -0.05) is 18.2 Å². The Morgan fingerprint density at radius 3 is 2.50 bits per heavy atom. The monoisotopic (exact) mass is 495 g/mol. The number of morpholine rings is 1. The standard InChI is InChI=1S/C25H29N5O6/c1-34-17-7-8-20(21(15-17)35-2)30-25(33)19-6-4-3-5-18(19)23(28-30)24(32)27-16-22(31)26-9-10-29-11-13-36-14-12-29/h3-8,15H,9-14,16H2,1-2H3,(H,26,31)(H,27,32). The Bertz CT molecular complexity index is 1300. The summed E-state index contributed by atoms with van der Waals surface area (Å²) < 4.78 is 17.1. The molecule has 0 spiro atoms. The average molecular weight is 496 g/mol. The number of aromatic nitrogens is 2. The zero-order valence-corrected chi connectivity index (χ0v) is 20.3. The number of benzene rings is 2. The molecule has 1 fully saturated rings. The molecule has 0 atom stereocenters. The van der Waals surface area contributed by atoms with E-state index >= 15 is 0 Å². The summed E-state index contributed by atoms with van der Waals surface area (Å²) in [5.74, 6) is 0.00842. The fourth-order valence-electron chi connectivity index (χ4n) is 3.97. The topological polar surface area (TPSA) is 124 Å². The molecule has 2 N–H and O–H groups in total. The first-order chi connectivity index (χ1) is 17.5. The molecule has 36 heavy (non-hydrogen) atoms. The smallest absolute Gasteiger partial charge is 0.279 e. The lowest BCUT2D eigenvalue weighted by atomic mass is 10.1. The van der Waals surface area contributed by atoms with Gasteiger partial charge in [-0.2, -0.15) is 9.78 Å². The van der Waals surface area contributed by atoms with Gasteiger partial charge in [0.05, 0.1) is 39.4 Å². The Labute approximate surface area is 207 Å². The summed E-state index contributed by atoms with van der Waals surface area (Å²) in [6.07, 6.45) is 0. The van der Waals surface area contributed by atoms with Crippen molar-refractivity contribution in [1.82, 2.24) is 25.3 Å². The second-order valence-electron chi connectivity index (χ2n) is 8.14. The van der Waals surface area contributed by atoms with E-state index in [1.54, 1.807) is 42.5 Å². The number of methoxy groups -OCH3 is 2. The molecule has 4 rings (SSSR count). The first kappa shape index (κ1) is 25.1. The first-order valence-electron chi connectivity index (χ1n) is 11.6. The van der Waals surface area contributed by atoms with Gasteiger partial charge in [-0.25, -0.2) is 0 Å². The predicted molar refractivity (Wildman–Crippen MR) is 133 cm³/mol. The number of amides is 2. The van der Waals surface area contributed by atoms with E-state index in [4.69, 9.17) is 14.2 Å². The van der Waals surface area contributed by atoms with Crippen molar-refractivity contribution in [2.24, 2.45) is 0 Å². The first-order valence-corrected chi connectivity index (χ1v) is 11.6. The van der Waals surface area contributed by atoms with Crippen molar-refractivity contribution in [3.05, 3.63) is 58.5 Å². The van der Waals surface area contributed by atoms with Gasteiger partial charge < -0.3 is 24.8 Å². The van der Waals surface area contributed by atoms with E-state index in [0.717, 1.165) is 17.8 Å². The molecule has 0 saturated carbocycles. The highest BCUT2D eigenvalue weighted by atomic mass is 16.5. The molecular weight excluding hydrogens is 466 g/mol. The summed E-state index contributed by atoms with van der Waals surface area (Å²) in [5.41, 5.74) is -0.0420. The van der Waals surface area contributed by atoms with Crippen molar-refractivity contribution in [3.8, 4) is 17.2 Å². The van der Waals surface area contributed by atoms with E-state index in [-0.39, 0.29) is 18.1 Å². The minimum Gasteiger partial charge on any atom is -0.497 e. The highest BCUT2D eigenvalue weighted by molar-refractivity contribution is 6.05. The van der Waals surface area contributed by atoms with Crippen LogP contribution >= 0.6 is 0 Å². The van der Waals surface area contributed by atoms with Gasteiger partial charge in [0.15, 0.2) is 5.69 Å². The largest absolute Gasteiger partial charge is 0.497 e. The maximum absolute atomic E-state index is 13.2. The summed E-state index contributed by atoms with van der Waals surface area (Å²) in [7, 11) is 2.99. The zero-order chi connectivity index (χ0) is 25.5. The highest BCUT2D eigenvalue weighted by Crippen LogP contribution is 2.27. The highest BCUT2D eigenvalue weighted by Gasteiger charge is 2.20. The molecule has 2 heterocycles. The van der Waals surface area contributed by atoms with E-state index < -0.39 is 11.5 Å². The maximum Gasteiger partial charge on any atom is 0.279 e. The molecule has 11 nitrogen and oxygen atoms in total. The van der Waals surface area contributed by atoms with Crippen LogP contribution in [0.15, 0.2) is 47.3 Å². The number of carbonyl (C=O) groups is 2. The second-order valence-corrected chi connectivity index (χ2v) is 8.14. The van der Waals surface area contributed by atoms with E-state index in [9.17, 15) is 14.4 Å². The maximum atomic E-state index is 13.2. The van der Waals surface area contributed by atoms with Crippen LogP contribution in [0.4, 0.5) is 0 Å². The van der Waals surface area contributed by atoms with E-state index in [0.29, 0.717) is 54.3 Å². The molecule has 0 unspecified atom stereocenters. The van der Waals surface area contributed by atoms with Crippen LogP contribution in [0, 0.1) is 0 Å². The fourth-order valence-corrected chi connectivity index (χ4v) is 3.97. The van der Waals surface area contributed by atoms with Crippen molar-refractivity contribution in [3.63, 3.8) is 0 Å². The van der Waals surface area contributed by atoms with Crippen LogP contribution in [-0.4, -0.2) is 86.7 Å². The quantitative estimate of drug-likeness (QED) is 0.442. The number of nitrogens with zero attached hydrogens (tertiary/aromatic N) is 3. The van der Waals surface area contributed by atoms with Crippen molar-refractivity contribution < 1.29 is 23.8 Å². The van der Waals surface area contributed by atoms with Gasteiger partial charge in [0.2, 0.25) is 5.91 Å². The number of fused-ring (bicyclic) bond motifs is 1. The van der Waals surface area contributed by atoms with Crippen LogP contribution < -0.4 is 25.7 Å². The lowest BCUT2D eigenvalue weighted by Gasteiger charge is -2.26. The minimum absolute atomic E-state index is 0.0178. The van der Waals surface area contributed by atoms with Crippen molar-refractivity contribution in [2.45, 2.75) is 0 Å². The number of carbonyl (C=O) groups excluding carboxylic acids is 2. The van der Waals surface area contributed by atoms with Gasteiger partial charge in [0.25, 0.3) is 11.5 Å².